The lowest BCUT2D eigenvalue weighted by atomic mass is 10.1. The van der Waals surface area contributed by atoms with Crippen LogP contribution in [0.15, 0.2) is 0 Å². The Balaban J connectivity index is 0.000000437. The lowest BCUT2D eigenvalue weighted by Crippen LogP contribution is -2.42. The zero-order chi connectivity index (χ0) is 12.7. The SMILES string of the molecule is O=CO.O=S1(=O)CCC(NC2CCOCC2)C1. The van der Waals surface area contributed by atoms with Gasteiger partial charge >= 0.3 is 0 Å². The fraction of sp³-hybridized carbons (Fsp3) is 0.900. The predicted molar refractivity (Wildman–Crippen MR) is 62.7 cm³/mol. The Bertz CT molecular complexity index is 324. The van der Waals surface area contributed by atoms with Gasteiger partial charge in [-0.25, -0.2) is 8.42 Å². The van der Waals surface area contributed by atoms with Gasteiger partial charge in [0, 0.05) is 25.3 Å². The second-order valence-electron chi connectivity index (χ2n) is 4.26. The maximum Gasteiger partial charge on any atom is 0.290 e. The van der Waals surface area contributed by atoms with Gasteiger partial charge in [-0.2, -0.15) is 0 Å². The molecule has 0 spiro atoms. The van der Waals surface area contributed by atoms with E-state index in [0.29, 0.717) is 17.5 Å². The second-order valence-corrected chi connectivity index (χ2v) is 6.49. The van der Waals surface area contributed by atoms with E-state index >= 15 is 0 Å². The third-order valence-corrected chi connectivity index (χ3v) is 4.69. The fourth-order valence-electron chi connectivity index (χ4n) is 2.12. The highest BCUT2D eigenvalue weighted by molar-refractivity contribution is 7.91. The molecule has 0 bridgehead atoms. The molecule has 0 aromatic rings. The maximum absolute atomic E-state index is 11.2. The summed E-state index contributed by atoms with van der Waals surface area (Å²) in [5.74, 6) is 0.679. The van der Waals surface area contributed by atoms with Crippen molar-refractivity contribution < 1.29 is 23.1 Å². The first-order valence-corrected chi connectivity index (χ1v) is 7.51. The lowest BCUT2D eigenvalue weighted by molar-refractivity contribution is -0.122. The molecule has 0 aliphatic carbocycles. The molecule has 2 aliphatic heterocycles. The largest absolute Gasteiger partial charge is 0.483 e. The van der Waals surface area contributed by atoms with Crippen LogP contribution in [-0.4, -0.2) is 56.8 Å². The average molecular weight is 265 g/mol. The highest BCUT2D eigenvalue weighted by atomic mass is 32.2. The first-order chi connectivity index (χ1) is 8.07. The molecule has 0 saturated carbocycles. The van der Waals surface area contributed by atoms with Gasteiger partial charge in [-0.15, -0.1) is 0 Å². The molecule has 0 radical (unpaired) electrons. The van der Waals surface area contributed by atoms with Crippen molar-refractivity contribution in [3.05, 3.63) is 0 Å². The Labute approximate surface area is 101 Å². The molecule has 2 aliphatic rings. The van der Waals surface area contributed by atoms with Crippen molar-refractivity contribution in [2.75, 3.05) is 24.7 Å². The summed E-state index contributed by atoms with van der Waals surface area (Å²) in [6.45, 7) is 1.36. The van der Waals surface area contributed by atoms with E-state index in [4.69, 9.17) is 14.6 Å². The van der Waals surface area contributed by atoms with Crippen molar-refractivity contribution in [1.29, 1.82) is 0 Å². The quantitative estimate of drug-likeness (QED) is 0.663. The Morgan fingerprint density at radius 2 is 1.76 bits per heavy atom. The summed E-state index contributed by atoms with van der Waals surface area (Å²) in [5, 5.41) is 10.3. The normalized spacial score (nSPS) is 28.1. The van der Waals surface area contributed by atoms with Crippen molar-refractivity contribution in [2.45, 2.75) is 31.3 Å². The summed E-state index contributed by atoms with van der Waals surface area (Å²) in [6, 6.07) is 0.644. The number of ether oxygens (including phenoxy) is 1. The zero-order valence-corrected chi connectivity index (χ0v) is 10.5. The topological polar surface area (TPSA) is 92.7 Å². The van der Waals surface area contributed by atoms with Crippen LogP contribution in [0.4, 0.5) is 0 Å². The highest BCUT2D eigenvalue weighted by Gasteiger charge is 2.29. The summed E-state index contributed by atoms with van der Waals surface area (Å²) >= 11 is 0. The predicted octanol–water partition coefficient (Wildman–Crippen LogP) is -0.357. The average Bonchev–Trinajstić information content (AvgIpc) is 2.61. The molecule has 1 atom stereocenters. The first kappa shape index (κ1) is 14.4. The van der Waals surface area contributed by atoms with Gasteiger partial charge in [0.1, 0.15) is 0 Å². The van der Waals surface area contributed by atoms with E-state index in [-0.39, 0.29) is 12.5 Å². The van der Waals surface area contributed by atoms with Crippen LogP contribution < -0.4 is 5.32 Å². The van der Waals surface area contributed by atoms with Crippen LogP contribution in [0, 0.1) is 0 Å². The van der Waals surface area contributed by atoms with Crippen LogP contribution in [0.3, 0.4) is 0 Å². The molecule has 2 fully saturated rings. The fourth-order valence-corrected chi connectivity index (χ4v) is 3.81. The molecule has 17 heavy (non-hydrogen) atoms. The molecule has 0 aromatic heterocycles. The molecule has 0 aromatic carbocycles. The van der Waals surface area contributed by atoms with Crippen molar-refractivity contribution in [3.63, 3.8) is 0 Å². The summed E-state index contributed by atoms with van der Waals surface area (Å²) in [4.78, 5) is 8.36. The highest BCUT2D eigenvalue weighted by Crippen LogP contribution is 2.14. The van der Waals surface area contributed by atoms with E-state index < -0.39 is 9.84 Å². The number of sulfone groups is 1. The van der Waals surface area contributed by atoms with Crippen LogP contribution in [0.5, 0.6) is 0 Å². The minimum absolute atomic E-state index is 0.183. The van der Waals surface area contributed by atoms with E-state index in [1.54, 1.807) is 0 Å². The third-order valence-electron chi connectivity index (χ3n) is 2.93. The summed E-state index contributed by atoms with van der Waals surface area (Å²) in [7, 11) is -2.74. The standard InChI is InChI=1S/C9H17NO3S.CH2O2/c11-14(12)6-3-9(7-14)10-8-1-4-13-5-2-8;2-1-3/h8-10H,1-7H2;1H,(H,2,3). The molecule has 2 saturated heterocycles. The zero-order valence-electron chi connectivity index (χ0n) is 9.67. The number of carboxylic acid groups (broad SMARTS) is 1. The maximum atomic E-state index is 11.2. The summed E-state index contributed by atoms with van der Waals surface area (Å²) in [5.41, 5.74) is 0. The van der Waals surface area contributed by atoms with Crippen molar-refractivity contribution in [2.24, 2.45) is 0 Å². The number of hydrogen-bond donors (Lipinski definition) is 2. The lowest BCUT2D eigenvalue weighted by Gasteiger charge is -2.25. The molecular formula is C10H19NO5S. The van der Waals surface area contributed by atoms with Gasteiger partial charge in [-0.05, 0) is 19.3 Å². The molecule has 0 amide bonds. The summed E-state index contributed by atoms with van der Waals surface area (Å²) in [6.07, 6.45) is 2.80. The van der Waals surface area contributed by atoms with Gasteiger partial charge in [-0.3, -0.25) is 4.79 Å². The van der Waals surface area contributed by atoms with Crippen LogP contribution in [0.25, 0.3) is 0 Å². The molecule has 2 rings (SSSR count). The molecule has 2 N–H and O–H groups in total. The van der Waals surface area contributed by atoms with Crippen LogP contribution in [0.2, 0.25) is 0 Å². The molecule has 2 heterocycles. The van der Waals surface area contributed by atoms with Gasteiger partial charge in [0.05, 0.1) is 11.5 Å². The number of nitrogens with one attached hydrogen (secondary N) is 1. The van der Waals surface area contributed by atoms with Gasteiger partial charge < -0.3 is 15.2 Å². The van der Waals surface area contributed by atoms with Gasteiger partial charge in [0.25, 0.3) is 6.47 Å². The molecular weight excluding hydrogens is 246 g/mol. The molecule has 7 heteroatoms. The van der Waals surface area contributed by atoms with Gasteiger partial charge in [0.2, 0.25) is 0 Å². The Kier molecular flexibility index (Phi) is 5.87. The molecule has 1 unspecified atom stereocenters. The van der Waals surface area contributed by atoms with Gasteiger partial charge in [0.15, 0.2) is 9.84 Å². The van der Waals surface area contributed by atoms with Crippen molar-refractivity contribution >= 4 is 16.3 Å². The minimum Gasteiger partial charge on any atom is -0.483 e. The van der Waals surface area contributed by atoms with Crippen molar-refractivity contribution in [1.82, 2.24) is 5.32 Å². The van der Waals surface area contributed by atoms with Crippen LogP contribution in [-0.2, 0) is 19.4 Å². The van der Waals surface area contributed by atoms with E-state index in [0.717, 1.165) is 32.5 Å². The Morgan fingerprint density at radius 3 is 2.24 bits per heavy atom. The third kappa shape index (κ3) is 5.47. The Morgan fingerprint density at radius 1 is 1.18 bits per heavy atom. The first-order valence-electron chi connectivity index (χ1n) is 5.69. The Hall–Kier alpha value is -0.660. The minimum atomic E-state index is -2.74. The number of carbonyl (C=O) groups is 1. The van der Waals surface area contributed by atoms with E-state index in [1.807, 2.05) is 0 Å². The van der Waals surface area contributed by atoms with E-state index in [9.17, 15) is 8.42 Å². The van der Waals surface area contributed by atoms with Crippen LogP contribution >= 0.6 is 0 Å². The number of hydrogen-bond acceptors (Lipinski definition) is 5. The summed E-state index contributed by atoms with van der Waals surface area (Å²) < 4.78 is 27.7. The second kappa shape index (κ2) is 6.93. The van der Waals surface area contributed by atoms with Gasteiger partial charge in [-0.1, -0.05) is 0 Å². The molecule has 100 valence electrons. The molecule has 6 nitrogen and oxygen atoms in total. The van der Waals surface area contributed by atoms with Crippen LogP contribution in [0.1, 0.15) is 19.3 Å². The number of rotatable bonds is 2. The van der Waals surface area contributed by atoms with Crippen molar-refractivity contribution in [3.8, 4) is 0 Å². The smallest absolute Gasteiger partial charge is 0.290 e. The monoisotopic (exact) mass is 265 g/mol. The van der Waals surface area contributed by atoms with E-state index in [1.165, 1.54) is 0 Å². The van der Waals surface area contributed by atoms with E-state index in [2.05, 4.69) is 5.32 Å².